The highest BCUT2D eigenvalue weighted by molar-refractivity contribution is 7.08. The number of ether oxygens (including phenoxy) is 1. The zero-order chi connectivity index (χ0) is 33.3. The summed E-state index contributed by atoms with van der Waals surface area (Å²) in [6.07, 6.45) is 2.67. The maximum Gasteiger partial charge on any atom is 0.408 e. The van der Waals surface area contributed by atoms with Gasteiger partial charge in [-0.1, -0.05) is 24.3 Å². The first-order valence-corrected chi connectivity index (χ1v) is 16.6. The van der Waals surface area contributed by atoms with Crippen LogP contribution in [0.25, 0.3) is 22.4 Å². The molecule has 0 unspecified atom stereocenters. The zero-order valence-electron chi connectivity index (χ0n) is 27.0. The van der Waals surface area contributed by atoms with Gasteiger partial charge in [0.1, 0.15) is 11.3 Å². The van der Waals surface area contributed by atoms with Gasteiger partial charge in [-0.15, -0.1) is 10.2 Å². The summed E-state index contributed by atoms with van der Waals surface area (Å²) < 4.78 is 5.51. The molecule has 2 aromatic heterocycles. The molecule has 0 atom stereocenters. The number of carbonyl (C=O) groups excluding carboxylic acids is 2. The molecule has 5 rings (SSSR count). The van der Waals surface area contributed by atoms with E-state index in [9.17, 15) is 24.6 Å². The van der Waals surface area contributed by atoms with Gasteiger partial charge in [-0.05, 0) is 93.3 Å². The van der Waals surface area contributed by atoms with Crippen molar-refractivity contribution in [2.75, 3.05) is 12.4 Å². The van der Waals surface area contributed by atoms with Crippen molar-refractivity contribution < 1.29 is 29.3 Å². The van der Waals surface area contributed by atoms with Crippen molar-refractivity contribution in [1.82, 2.24) is 20.4 Å². The second-order valence-corrected chi connectivity index (χ2v) is 14.7. The van der Waals surface area contributed by atoms with Crippen molar-refractivity contribution >= 4 is 35.2 Å². The summed E-state index contributed by atoms with van der Waals surface area (Å²) in [6.45, 7) is 7.18. The number of nitrogens with one attached hydrogen (secondary N) is 2. The lowest BCUT2D eigenvalue weighted by Crippen LogP contribution is -2.62. The molecule has 11 nitrogen and oxygen atoms in total. The number of carboxylic acid groups (broad SMARTS) is 1. The lowest BCUT2D eigenvalue weighted by atomic mass is 9.62. The molecule has 3 aromatic rings. The van der Waals surface area contributed by atoms with Crippen molar-refractivity contribution in [3.63, 3.8) is 0 Å². The highest BCUT2D eigenvalue weighted by Crippen LogP contribution is 2.48. The van der Waals surface area contributed by atoms with Gasteiger partial charge in [0, 0.05) is 43.5 Å². The quantitative estimate of drug-likeness (QED) is 0.212. The summed E-state index contributed by atoms with van der Waals surface area (Å²) in [6, 6.07) is 11.5. The summed E-state index contributed by atoms with van der Waals surface area (Å²) in [5.41, 5.74) is 1.79. The minimum absolute atomic E-state index is 0.00664. The van der Waals surface area contributed by atoms with Crippen LogP contribution in [0.1, 0.15) is 78.2 Å². The first-order valence-electron chi connectivity index (χ1n) is 15.6. The van der Waals surface area contributed by atoms with E-state index < -0.39 is 28.9 Å². The third-order valence-electron chi connectivity index (χ3n) is 8.85. The summed E-state index contributed by atoms with van der Waals surface area (Å²) in [5, 5.41) is 38.7. The Morgan fingerprint density at radius 1 is 1.04 bits per heavy atom. The number of anilines is 1. The number of carbonyl (C=O) groups is 3. The molecule has 0 saturated heterocycles. The van der Waals surface area contributed by atoms with Crippen molar-refractivity contribution in [2.45, 2.75) is 95.4 Å². The number of alkyl carbamates (subject to hydrolysis) is 1. The molecule has 0 spiro atoms. The molecule has 46 heavy (non-hydrogen) atoms. The van der Waals surface area contributed by atoms with Crippen molar-refractivity contribution in [1.29, 1.82) is 0 Å². The largest absolute Gasteiger partial charge is 0.465 e. The number of aliphatic hydroxyl groups is 1. The van der Waals surface area contributed by atoms with E-state index in [-0.39, 0.29) is 17.9 Å². The Hall–Kier alpha value is -4.03. The van der Waals surface area contributed by atoms with Crippen LogP contribution in [0.3, 0.4) is 0 Å². The average molecular weight is 650 g/mol. The molecule has 2 fully saturated rings. The molecular formula is C34H43N5O6S. The van der Waals surface area contributed by atoms with Gasteiger partial charge in [-0.2, -0.15) is 11.3 Å². The second-order valence-electron chi connectivity index (χ2n) is 14.0. The predicted molar refractivity (Wildman–Crippen MR) is 176 cm³/mol. The van der Waals surface area contributed by atoms with Crippen LogP contribution in [0.2, 0.25) is 0 Å². The fraction of sp³-hybridized carbons (Fsp3) is 0.500. The van der Waals surface area contributed by atoms with Crippen molar-refractivity contribution in [2.24, 2.45) is 5.92 Å². The molecule has 246 valence electrons. The van der Waals surface area contributed by atoms with Gasteiger partial charge in [-0.25, -0.2) is 9.59 Å². The van der Waals surface area contributed by atoms with E-state index >= 15 is 0 Å². The first kappa shape index (κ1) is 33.3. The standard InChI is InChI=1S/C34H43N5O6S/c1-32(2,3)45-30(41)36-34(19-33(4,44)20-34)24-10-8-22(9-11-24)29-26(23-14-15-46-18-23)17-27(37-38-29)35-28(40)16-21-6-12-25(13-7-21)39(5)31(42)43/h8-11,14-15,17-18,21,25,44H,6-7,12-13,16,19-20H2,1-5H3,(H,36,41)(H,42,43)(H,35,37,40)/t21-,25-,33-,34-. The third-order valence-corrected chi connectivity index (χ3v) is 9.53. The Balaban J connectivity index is 1.31. The number of benzene rings is 1. The number of aromatic nitrogens is 2. The van der Waals surface area contributed by atoms with Crippen LogP contribution < -0.4 is 10.6 Å². The molecule has 4 N–H and O–H groups in total. The van der Waals surface area contributed by atoms with Crippen LogP contribution in [-0.4, -0.2) is 67.7 Å². The molecule has 2 aliphatic rings. The Bertz CT molecular complexity index is 1550. The smallest absolute Gasteiger partial charge is 0.408 e. The van der Waals surface area contributed by atoms with E-state index in [0.717, 1.165) is 47.9 Å². The second kappa shape index (κ2) is 13.0. The van der Waals surface area contributed by atoms with Gasteiger partial charge in [-0.3, -0.25) is 4.79 Å². The molecule has 2 aliphatic carbocycles. The van der Waals surface area contributed by atoms with E-state index in [1.165, 1.54) is 4.90 Å². The first-order chi connectivity index (χ1) is 21.6. The Morgan fingerprint density at radius 3 is 2.28 bits per heavy atom. The molecular weight excluding hydrogens is 606 g/mol. The van der Waals surface area contributed by atoms with E-state index in [1.807, 2.05) is 67.9 Å². The van der Waals surface area contributed by atoms with Gasteiger partial charge >= 0.3 is 12.2 Å². The zero-order valence-corrected chi connectivity index (χ0v) is 27.8. The molecule has 0 radical (unpaired) electrons. The lowest BCUT2D eigenvalue weighted by Gasteiger charge is -2.52. The molecule has 1 aromatic carbocycles. The molecule has 0 bridgehead atoms. The highest BCUT2D eigenvalue weighted by Gasteiger charge is 2.53. The van der Waals surface area contributed by atoms with E-state index in [2.05, 4.69) is 20.8 Å². The predicted octanol–water partition coefficient (Wildman–Crippen LogP) is 6.63. The Kier molecular flexibility index (Phi) is 9.42. The monoisotopic (exact) mass is 649 g/mol. The number of thiophene rings is 1. The van der Waals surface area contributed by atoms with Crippen LogP contribution in [0.5, 0.6) is 0 Å². The fourth-order valence-corrected chi connectivity index (χ4v) is 7.37. The molecule has 2 saturated carbocycles. The summed E-state index contributed by atoms with van der Waals surface area (Å²) >= 11 is 1.56. The van der Waals surface area contributed by atoms with Crippen LogP contribution in [-0.2, 0) is 15.1 Å². The molecule has 3 amide bonds. The number of nitrogens with zero attached hydrogens (tertiary/aromatic N) is 3. The summed E-state index contributed by atoms with van der Waals surface area (Å²) in [7, 11) is 1.60. The molecule has 2 heterocycles. The normalized spacial score (nSPS) is 24.4. The van der Waals surface area contributed by atoms with Gasteiger partial charge < -0.3 is 30.5 Å². The maximum atomic E-state index is 13.0. The third kappa shape index (κ3) is 7.84. The number of hydrogen-bond acceptors (Lipinski definition) is 8. The van der Waals surface area contributed by atoms with Gasteiger partial charge in [0.25, 0.3) is 0 Å². The van der Waals surface area contributed by atoms with E-state index in [0.29, 0.717) is 30.8 Å². The van der Waals surface area contributed by atoms with Crippen LogP contribution in [0.4, 0.5) is 15.4 Å². The lowest BCUT2D eigenvalue weighted by molar-refractivity contribution is -0.117. The van der Waals surface area contributed by atoms with Gasteiger partial charge in [0.2, 0.25) is 5.91 Å². The summed E-state index contributed by atoms with van der Waals surface area (Å²) in [5.74, 6) is 0.410. The molecule has 12 heteroatoms. The summed E-state index contributed by atoms with van der Waals surface area (Å²) in [4.78, 5) is 38.3. The van der Waals surface area contributed by atoms with Crippen molar-refractivity contribution in [3.8, 4) is 22.4 Å². The topological polar surface area (TPSA) is 154 Å². The molecule has 0 aliphatic heterocycles. The minimum atomic E-state index is -0.924. The highest BCUT2D eigenvalue weighted by atomic mass is 32.1. The number of amides is 3. The van der Waals surface area contributed by atoms with Crippen LogP contribution in [0.15, 0.2) is 47.2 Å². The number of rotatable bonds is 8. The Labute approximate surface area is 273 Å². The van der Waals surface area contributed by atoms with Crippen LogP contribution >= 0.6 is 11.3 Å². The van der Waals surface area contributed by atoms with Gasteiger partial charge in [0.05, 0.1) is 11.1 Å². The van der Waals surface area contributed by atoms with Crippen LogP contribution in [0, 0.1) is 5.92 Å². The fourth-order valence-electron chi connectivity index (χ4n) is 6.71. The van der Waals surface area contributed by atoms with E-state index in [4.69, 9.17) is 4.74 Å². The van der Waals surface area contributed by atoms with Gasteiger partial charge in [0.15, 0.2) is 5.82 Å². The maximum absolute atomic E-state index is 13.0. The number of hydrogen-bond donors (Lipinski definition) is 4. The van der Waals surface area contributed by atoms with E-state index in [1.54, 1.807) is 25.3 Å². The van der Waals surface area contributed by atoms with Crippen molar-refractivity contribution in [3.05, 3.63) is 52.7 Å². The Morgan fingerprint density at radius 2 is 1.72 bits per heavy atom. The minimum Gasteiger partial charge on any atom is -0.465 e. The average Bonchev–Trinajstić information content (AvgIpc) is 3.50. The SMILES string of the molecule is CN(C(=O)O)[C@H]1CC[C@H](CC(=O)Nc2cc(-c3ccsc3)c(-c3ccc([C@]4(NC(=O)OC(C)(C)C)C[C@](C)(O)C4)cc3)nn2)CC1.